The minimum Gasteiger partial charge on any atom is -0.310 e. The van der Waals surface area contributed by atoms with Gasteiger partial charge in [-0.2, -0.15) is 0 Å². The molecule has 0 N–H and O–H groups in total. The smallest absolute Gasteiger partial charge is 0.0726 e. The Kier molecular flexibility index (Phi) is 8.23. The number of anilines is 3. The van der Waals surface area contributed by atoms with E-state index in [0.717, 1.165) is 22.7 Å². The SMILES string of the molecule is c1ccc(-c2ccc(N(c3ccc(-c4ccc(-n5c6ccccc6c6c7ccccc7ccc65)cc4)cc3)c3ccc4c(c3)C3(c5ccccc5-c5ccccc53)c3ccccc3-4)cc2)cc1. The number of aromatic nitrogens is 1. The summed E-state index contributed by atoms with van der Waals surface area (Å²) in [6.07, 6.45) is 0. The maximum Gasteiger partial charge on any atom is 0.0726 e. The van der Waals surface area contributed by atoms with Gasteiger partial charge >= 0.3 is 0 Å². The number of para-hydroxylation sites is 1. The first-order chi connectivity index (χ1) is 33.2. The molecule has 2 nitrogen and oxygen atoms in total. The van der Waals surface area contributed by atoms with Crippen LogP contribution in [0.15, 0.2) is 255 Å². The molecule has 0 saturated carbocycles. The molecular formula is C65H42N2. The fourth-order valence-corrected chi connectivity index (χ4v) is 11.7. The van der Waals surface area contributed by atoms with Crippen molar-refractivity contribution in [3.05, 3.63) is 277 Å². The van der Waals surface area contributed by atoms with E-state index in [9.17, 15) is 0 Å². The Morgan fingerprint density at radius 3 is 1.37 bits per heavy atom. The number of benzene rings is 11. The Labute approximate surface area is 389 Å². The largest absolute Gasteiger partial charge is 0.310 e. The predicted octanol–water partition coefficient (Wildman–Crippen LogP) is 17.1. The van der Waals surface area contributed by atoms with Crippen LogP contribution in [0.4, 0.5) is 17.1 Å². The average Bonchev–Trinajstić information content (AvgIpc) is 4.01. The molecule has 0 saturated heterocycles. The van der Waals surface area contributed by atoms with Gasteiger partial charge in [-0.25, -0.2) is 0 Å². The Morgan fingerprint density at radius 1 is 0.299 bits per heavy atom. The van der Waals surface area contributed by atoms with Crippen LogP contribution >= 0.6 is 0 Å². The molecule has 0 amide bonds. The second-order valence-corrected chi connectivity index (χ2v) is 18.0. The zero-order chi connectivity index (χ0) is 44.1. The van der Waals surface area contributed by atoms with E-state index < -0.39 is 5.41 Å². The van der Waals surface area contributed by atoms with Gasteiger partial charge in [0, 0.05) is 33.5 Å². The van der Waals surface area contributed by atoms with E-state index >= 15 is 0 Å². The van der Waals surface area contributed by atoms with Crippen molar-refractivity contribution in [2.75, 3.05) is 4.90 Å². The molecule has 0 bridgehead atoms. The molecule has 12 aromatic rings. The summed E-state index contributed by atoms with van der Waals surface area (Å²) in [7, 11) is 0. The Balaban J connectivity index is 0.887. The summed E-state index contributed by atoms with van der Waals surface area (Å²) in [5.74, 6) is 0. The zero-order valence-electron chi connectivity index (χ0n) is 36.6. The quantitative estimate of drug-likeness (QED) is 0.162. The van der Waals surface area contributed by atoms with E-state index in [-0.39, 0.29) is 0 Å². The van der Waals surface area contributed by atoms with E-state index in [1.54, 1.807) is 0 Å². The molecule has 67 heavy (non-hydrogen) atoms. The van der Waals surface area contributed by atoms with Crippen LogP contribution in [0.5, 0.6) is 0 Å². The minimum atomic E-state index is -0.430. The second kappa shape index (κ2) is 14.7. The molecule has 0 fully saturated rings. The third-order valence-corrected chi connectivity index (χ3v) is 14.6. The van der Waals surface area contributed by atoms with Gasteiger partial charge in [0.2, 0.25) is 0 Å². The predicted molar refractivity (Wildman–Crippen MR) is 280 cm³/mol. The minimum absolute atomic E-state index is 0.430. The van der Waals surface area contributed by atoms with Crippen LogP contribution in [0.25, 0.3) is 82.8 Å². The molecule has 0 atom stereocenters. The number of fused-ring (bicyclic) bond motifs is 15. The maximum atomic E-state index is 2.48. The molecule has 14 rings (SSSR count). The summed E-state index contributed by atoms with van der Waals surface area (Å²) in [5.41, 5.74) is 21.8. The van der Waals surface area contributed by atoms with Crippen molar-refractivity contribution >= 4 is 49.6 Å². The maximum absolute atomic E-state index is 2.48. The lowest BCUT2D eigenvalue weighted by molar-refractivity contribution is 0.793. The summed E-state index contributed by atoms with van der Waals surface area (Å²) >= 11 is 0. The third-order valence-electron chi connectivity index (χ3n) is 14.6. The molecule has 312 valence electrons. The van der Waals surface area contributed by atoms with Gasteiger partial charge in [-0.3, -0.25) is 0 Å². The molecule has 0 aliphatic heterocycles. The van der Waals surface area contributed by atoms with Crippen molar-refractivity contribution in [1.82, 2.24) is 4.57 Å². The summed E-state index contributed by atoms with van der Waals surface area (Å²) in [4.78, 5) is 2.43. The third kappa shape index (κ3) is 5.51. The van der Waals surface area contributed by atoms with Crippen molar-refractivity contribution < 1.29 is 0 Å². The van der Waals surface area contributed by atoms with Crippen molar-refractivity contribution in [2.45, 2.75) is 5.41 Å². The standard InChI is InChI=1S/C65H42N2/c1-2-14-43(15-3-1)44-26-33-48(34-27-44)66(51-39-40-56-55-20-8-12-24-60(55)65(61(56)42-51)58-22-10-6-18-53(58)54-19-7-11-23-59(54)65)49-35-28-45(29-36-49)46-30-37-50(38-31-46)67-62-25-13-9-21-57(62)64-52-17-5-4-16-47(52)32-41-63(64)67/h1-42H. The summed E-state index contributed by atoms with van der Waals surface area (Å²) in [6, 6.07) is 94.2. The van der Waals surface area contributed by atoms with Crippen molar-refractivity contribution in [3.8, 4) is 50.2 Å². The molecule has 2 aliphatic rings. The monoisotopic (exact) mass is 850 g/mol. The fraction of sp³-hybridized carbons (Fsp3) is 0.0154. The van der Waals surface area contributed by atoms with Gasteiger partial charge in [0.15, 0.2) is 0 Å². The number of rotatable bonds is 6. The Hall–Kier alpha value is -8.72. The molecule has 2 heteroatoms. The molecule has 11 aromatic carbocycles. The van der Waals surface area contributed by atoms with Crippen LogP contribution in [0.2, 0.25) is 0 Å². The highest BCUT2D eigenvalue weighted by atomic mass is 15.1. The van der Waals surface area contributed by atoms with Gasteiger partial charge in [-0.05, 0) is 138 Å². The molecule has 0 unspecified atom stereocenters. The Morgan fingerprint density at radius 2 is 0.761 bits per heavy atom. The van der Waals surface area contributed by atoms with Gasteiger partial charge < -0.3 is 9.47 Å². The lowest BCUT2D eigenvalue weighted by Gasteiger charge is -2.32. The van der Waals surface area contributed by atoms with Crippen LogP contribution in [0, 0.1) is 0 Å². The number of hydrogen-bond acceptors (Lipinski definition) is 1. The van der Waals surface area contributed by atoms with Crippen LogP contribution in [-0.2, 0) is 5.41 Å². The topological polar surface area (TPSA) is 8.17 Å². The highest BCUT2D eigenvalue weighted by molar-refractivity contribution is 6.21. The van der Waals surface area contributed by atoms with E-state index in [0.29, 0.717) is 0 Å². The molecule has 2 aliphatic carbocycles. The highest BCUT2D eigenvalue weighted by Crippen LogP contribution is 2.63. The van der Waals surface area contributed by atoms with Crippen LogP contribution in [0.1, 0.15) is 22.3 Å². The normalized spacial score (nSPS) is 12.9. The van der Waals surface area contributed by atoms with Crippen LogP contribution in [0.3, 0.4) is 0 Å². The summed E-state index contributed by atoms with van der Waals surface area (Å²) < 4.78 is 2.41. The van der Waals surface area contributed by atoms with Crippen LogP contribution in [-0.4, -0.2) is 4.57 Å². The average molecular weight is 851 g/mol. The number of nitrogens with zero attached hydrogens (tertiary/aromatic N) is 2. The van der Waals surface area contributed by atoms with Gasteiger partial charge in [0.25, 0.3) is 0 Å². The van der Waals surface area contributed by atoms with E-state index in [2.05, 4.69) is 264 Å². The molecule has 0 radical (unpaired) electrons. The van der Waals surface area contributed by atoms with Gasteiger partial charge in [-0.15, -0.1) is 0 Å². The lowest BCUT2D eigenvalue weighted by Crippen LogP contribution is -2.26. The van der Waals surface area contributed by atoms with Crippen LogP contribution < -0.4 is 4.90 Å². The summed E-state index contributed by atoms with van der Waals surface area (Å²) in [5, 5.41) is 5.12. The lowest BCUT2D eigenvalue weighted by atomic mass is 9.70. The first-order valence-corrected chi connectivity index (χ1v) is 23.3. The van der Waals surface area contributed by atoms with E-state index in [1.807, 2.05) is 0 Å². The van der Waals surface area contributed by atoms with E-state index in [4.69, 9.17) is 0 Å². The molecule has 1 heterocycles. The van der Waals surface area contributed by atoms with Gasteiger partial charge in [0.1, 0.15) is 0 Å². The zero-order valence-corrected chi connectivity index (χ0v) is 36.6. The molecule has 1 spiro atoms. The molecular weight excluding hydrogens is 809 g/mol. The molecule has 1 aromatic heterocycles. The Bertz CT molecular complexity index is 3830. The van der Waals surface area contributed by atoms with Crippen molar-refractivity contribution in [3.63, 3.8) is 0 Å². The number of hydrogen-bond donors (Lipinski definition) is 0. The first kappa shape index (κ1) is 37.6. The first-order valence-electron chi connectivity index (χ1n) is 23.3. The van der Waals surface area contributed by atoms with E-state index in [1.165, 1.54) is 99.3 Å². The van der Waals surface area contributed by atoms with Gasteiger partial charge in [0.05, 0.1) is 16.4 Å². The second-order valence-electron chi connectivity index (χ2n) is 18.0. The van der Waals surface area contributed by atoms with Gasteiger partial charge in [-0.1, -0.05) is 194 Å². The summed E-state index contributed by atoms with van der Waals surface area (Å²) in [6.45, 7) is 0. The fourth-order valence-electron chi connectivity index (χ4n) is 11.7. The highest BCUT2D eigenvalue weighted by Gasteiger charge is 2.51. The van der Waals surface area contributed by atoms with Crippen molar-refractivity contribution in [2.24, 2.45) is 0 Å². The van der Waals surface area contributed by atoms with Crippen molar-refractivity contribution in [1.29, 1.82) is 0 Å².